The van der Waals surface area contributed by atoms with Gasteiger partial charge in [0.1, 0.15) is 6.54 Å². The minimum absolute atomic E-state index is 0.00730. The van der Waals surface area contributed by atoms with Crippen molar-refractivity contribution in [1.82, 2.24) is 25.5 Å². The van der Waals surface area contributed by atoms with Crippen LogP contribution in [-0.2, 0) is 16.1 Å². The normalized spacial score (nSPS) is 19.0. The van der Waals surface area contributed by atoms with E-state index in [4.69, 9.17) is 4.74 Å². The summed E-state index contributed by atoms with van der Waals surface area (Å²) in [4.78, 5) is 13.3. The third kappa shape index (κ3) is 3.48. The minimum atomic E-state index is -0.139. The molecule has 1 saturated heterocycles. The maximum absolute atomic E-state index is 12.0. The summed E-state index contributed by atoms with van der Waals surface area (Å²) in [5.41, 5.74) is 0.877. The van der Waals surface area contributed by atoms with Crippen LogP contribution in [0.3, 0.4) is 0 Å². The van der Waals surface area contributed by atoms with Gasteiger partial charge in [0.15, 0.2) is 0 Å². The predicted molar refractivity (Wildman–Crippen MR) is 79.8 cm³/mol. The quantitative estimate of drug-likeness (QED) is 0.891. The third-order valence-electron chi connectivity index (χ3n) is 3.68. The Kier molecular flexibility index (Phi) is 4.43. The SMILES string of the molecule is C[C@H](NC(=O)Cn1nnc(-c2ccccc2)n1)[C@H]1CCCO1. The first-order valence-corrected chi connectivity index (χ1v) is 7.46. The zero-order valence-corrected chi connectivity index (χ0v) is 12.5. The first-order valence-electron chi connectivity index (χ1n) is 7.46. The first-order chi connectivity index (χ1) is 10.7. The molecule has 0 bridgehead atoms. The molecule has 0 saturated carbocycles. The fourth-order valence-electron chi connectivity index (χ4n) is 2.53. The van der Waals surface area contributed by atoms with Crippen molar-refractivity contribution in [3.05, 3.63) is 30.3 Å². The molecule has 7 nitrogen and oxygen atoms in total. The van der Waals surface area contributed by atoms with E-state index >= 15 is 0 Å². The lowest BCUT2D eigenvalue weighted by Crippen LogP contribution is -2.42. The Labute approximate surface area is 128 Å². The number of rotatable bonds is 5. The van der Waals surface area contributed by atoms with Gasteiger partial charge in [-0.15, -0.1) is 10.2 Å². The molecule has 3 rings (SSSR count). The standard InChI is InChI=1S/C15H19N5O2/c1-11(13-8-5-9-22-13)16-14(21)10-20-18-15(17-19-20)12-6-3-2-4-7-12/h2-4,6-7,11,13H,5,8-10H2,1H3,(H,16,21)/t11-,13+/m0/s1. The fourth-order valence-corrected chi connectivity index (χ4v) is 2.53. The van der Waals surface area contributed by atoms with Gasteiger partial charge in [0.05, 0.1) is 12.1 Å². The molecule has 22 heavy (non-hydrogen) atoms. The van der Waals surface area contributed by atoms with E-state index < -0.39 is 0 Å². The van der Waals surface area contributed by atoms with Crippen molar-refractivity contribution in [2.24, 2.45) is 0 Å². The van der Waals surface area contributed by atoms with Crippen LogP contribution in [0, 0.1) is 0 Å². The van der Waals surface area contributed by atoms with Crippen LogP contribution < -0.4 is 5.32 Å². The summed E-state index contributed by atoms with van der Waals surface area (Å²) in [7, 11) is 0. The Hall–Kier alpha value is -2.28. The van der Waals surface area contributed by atoms with Gasteiger partial charge in [-0.25, -0.2) is 0 Å². The molecule has 1 aliphatic rings. The van der Waals surface area contributed by atoms with Gasteiger partial charge in [0.2, 0.25) is 11.7 Å². The number of aromatic nitrogens is 4. The molecular formula is C15H19N5O2. The molecule has 1 aromatic carbocycles. The molecule has 116 valence electrons. The number of hydrogen-bond acceptors (Lipinski definition) is 5. The average molecular weight is 301 g/mol. The molecule has 7 heteroatoms. The smallest absolute Gasteiger partial charge is 0.243 e. The summed E-state index contributed by atoms with van der Waals surface area (Å²) in [6.07, 6.45) is 2.14. The molecule has 1 fully saturated rings. The van der Waals surface area contributed by atoms with Gasteiger partial charge in [-0.05, 0) is 25.0 Å². The van der Waals surface area contributed by atoms with Crippen molar-refractivity contribution in [3.8, 4) is 11.4 Å². The molecule has 2 aromatic rings. The van der Waals surface area contributed by atoms with Gasteiger partial charge in [-0.3, -0.25) is 4.79 Å². The Morgan fingerprint density at radius 3 is 3.00 bits per heavy atom. The third-order valence-corrected chi connectivity index (χ3v) is 3.68. The number of hydrogen-bond donors (Lipinski definition) is 1. The molecule has 0 aliphatic carbocycles. The van der Waals surface area contributed by atoms with Gasteiger partial charge in [0, 0.05) is 12.2 Å². The highest BCUT2D eigenvalue weighted by molar-refractivity contribution is 5.75. The van der Waals surface area contributed by atoms with Crippen molar-refractivity contribution in [2.45, 2.75) is 38.5 Å². The molecule has 2 heterocycles. The number of ether oxygens (including phenoxy) is 1. The van der Waals surface area contributed by atoms with E-state index in [1.54, 1.807) is 0 Å². The Morgan fingerprint density at radius 1 is 1.45 bits per heavy atom. The number of tetrazole rings is 1. The van der Waals surface area contributed by atoms with Crippen LogP contribution >= 0.6 is 0 Å². The first kappa shape index (κ1) is 14.6. The molecule has 2 atom stereocenters. The summed E-state index contributed by atoms with van der Waals surface area (Å²) >= 11 is 0. The molecule has 0 unspecified atom stereocenters. The van der Waals surface area contributed by atoms with E-state index in [0.29, 0.717) is 5.82 Å². The monoisotopic (exact) mass is 301 g/mol. The van der Waals surface area contributed by atoms with E-state index in [1.165, 1.54) is 4.80 Å². The van der Waals surface area contributed by atoms with E-state index in [0.717, 1.165) is 25.0 Å². The maximum Gasteiger partial charge on any atom is 0.243 e. The highest BCUT2D eigenvalue weighted by Gasteiger charge is 2.23. The summed E-state index contributed by atoms with van der Waals surface area (Å²) in [5, 5.41) is 15.0. The van der Waals surface area contributed by atoms with Crippen LogP contribution in [0.2, 0.25) is 0 Å². The summed E-state index contributed by atoms with van der Waals surface area (Å²) in [5.74, 6) is 0.376. The van der Waals surface area contributed by atoms with Crippen molar-refractivity contribution < 1.29 is 9.53 Å². The van der Waals surface area contributed by atoms with Crippen molar-refractivity contribution in [1.29, 1.82) is 0 Å². The molecule has 1 aromatic heterocycles. The topological polar surface area (TPSA) is 81.9 Å². The molecule has 1 amide bonds. The summed E-state index contributed by atoms with van der Waals surface area (Å²) in [6.45, 7) is 2.78. The van der Waals surface area contributed by atoms with Crippen molar-refractivity contribution in [2.75, 3.05) is 6.61 Å². The second-order valence-electron chi connectivity index (χ2n) is 5.42. The molecule has 0 spiro atoms. The molecule has 1 N–H and O–H groups in total. The second kappa shape index (κ2) is 6.65. The van der Waals surface area contributed by atoms with E-state index in [9.17, 15) is 4.79 Å². The minimum Gasteiger partial charge on any atom is -0.376 e. The fraction of sp³-hybridized carbons (Fsp3) is 0.467. The van der Waals surface area contributed by atoms with Gasteiger partial charge in [0.25, 0.3) is 0 Å². The maximum atomic E-state index is 12.0. The highest BCUT2D eigenvalue weighted by atomic mass is 16.5. The Bertz CT molecular complexity index is 622. The lowest BCUT2D eigenvalue weighted by Gasteiger charge is -2.19. The average Bonchev–Trinajstić information content (AvgIpc) is 3.19. The van der Waals surface area contributed by atoms with Gasteiger partial charge >= 0.3 is 0 Å². The van der Waals surface area contributed by atoms with E-state index in [2.05, 4.69) is 20.7 Å². The Balaban J connectivity index is 1.57. The van der Waals surface area contributed by atoms with Crippen LogP contribution in [-0.4, -0.2) is 44.9 Å². The zero-order valence-electron chi connectivity index (χ0n) is 12.5. The number of amides is 1. The predicted octanol–water partition coefficient (Wildman–Crippen LogP) is 1.02. The van der Waals surface area contributed by atoms with Crippen LogP contribution in [0.15, 0.2) is 30.3 Å². The van der Waals surface area contributed by atoms with Crippen molar-refractivity contribution in [3.63, 3.8) is 0 Å². The molecule has 0 radical (unpaired) electrons. The van der Waals surface area contributed by atoms with Gasteiger partial charge < -0.3 is 10.1 Å². The number of nitrogens with one attached hydrogen (secondary N) is 1. The van der Waals surface area contributed by atoms with Crippen LogP contribution in [0.1, 0.15) is 19.8 Å². The number of nitrogens with zero attached hydrogens (tertiary/aromatic N) is 4. The van der Waals surface area contributed by atoms with Gasteiger partial charge in [-0.1, -0.05) is 30.3 Å². The molecular weight excluding hydrogens is 282 g/mol. The van der Waals surface area contributed by atoms with Crippen LogP contribution in [0.5, 0.6) is 0 Å². The number of carbonyl (C=O) groups excluding carboxylic acids is 1. The summed E-state index contributed by atoms with van der Waals surface area (Å²) < 4.78 is 5.56. The van der Waals surface area contributed by atoms with E-state index in [-0.39, 0.29) is 24.6 Å². The lowest BCUT2D eigenvalue weighted by molar-refractivity contribution is -0.123. The lowest BCUT2D eigenvalue weighted by atomic mass is 10.1. The number of carbonyl (C=O) groups is 1. The van der Waals surface area contributed by atoms with Crippen LogP contribution in [0.25, 0.3) is 11.4 Å². The highest BCUT2D eigenvalue weighted by Crippen LogP contribution is 2.15. The molecule has 1 aliphatic heterocycles. The van der Waals surface area contributed by atoms with Gasteiger partial charge in [-0.2, -0.15) is 4.80 Å². The largest absolute Gasteiger partial charge is 0.376 e. The van der Waals surface area contributed by atoms with Crippen LogP contribution in [0.4, 0.5) is 0 Å². The summed E-state index contributed by atoms with van der Waals surface area (Å²) in [6, 6.07) is 9.54. The van der Waals surface area contributed by atoms with E-state index in [1.807, 2.05) is 37.3 Å². The van der Waals surface area contributed by atoms with Crippen molar-refractivity contribution >= 4 is 5.91 Å². The zero-order chi connectivity index (χ0) is 15.4. The number of benzene rings is 1. The second-order valence-corrected chi connectivity index (χ2v) is 5.42. The Morgan fingerprint density at radius 2 is 2.27 bits per heavy atom.